The Morgan fingerprint density at radius 3 is 1.36 bits per heavy atom. The number of hydrogen-bond donors (Lipinski definition) is 0. The second-order valence-corrected chi connectivity index (χ2v) is 11.8. The third-order valence-electron chi connectivity index (χ3n) is 6.23. The number of aryl methyl sites for hydroxylation is 2. The van der Waals surface area contributed by atoms with Gasteiger partial charge in [0.15, 0.2) is 0 Å². The van der Waals surface area contributed by atoms with Crippen molar-refractivity contribution in [2.24, 2.45) is 34.6 Å². The van der Waals surface area contributed by atoms with Gasteiger partial charge in [-0.3, -0.25) is 8.42 Å². The summed E-state index contributed by atoms with van der Waals surface area (Å²) in [6.07, 6.45) is 3.95. The van der Waals surface area contributed by atoms with Gasteiger partial charge in [-0.15, -0.1) is 0 Å². The molecule has 236 valence electrons. The minimum absolute atomic E-state index is 0.668. The molecule has 13 nitrogen and oxygen atoms in total. The van der Waals surface area contributed by atoms with Crippen molar-refractivity contribution in [2.45, 2.75) is 13.8 Å². The van der Waals surface area contributed by atoms with E-state index in [4.69, 9.17) is 22.3 Å². The van der Waals surface area contributed by atoms with Gasteiger partial charge in [-0.2, -0.15) is 0 Å². The Morgan fingerprint density at radius 1 is 0.705 bits per heavy atom. The van der Waals surface area contributed by atoms with Gasteiger partial charge in [-0.05, 0) is 95.3 Å². The van der Waals surface area contributed by atoms with Gasteiger partial charge in [0.05, 0.1) is 37.5 Å². The third kappa shape index (κ3) is 12.1. The molecule has 0 aliphatic rings. The SMILES string of the molecule is CCN(CCOCCN(CC)c1ccc(N=Nc2scc[n+]2C)cc1)c1ccc(N=Nc2scc[n+]2C)cc1.O=S(=O)([O-])[O-]. The Bertz CT molecular complexity index is 1480. The van der Waals surface area contributed by atoms with Crippen LogP contribution in [0.15, 0.2) is 92.1 Å². The first-order chi connectivity index (χ1) is 21.1. The first-order valence-corrected chi connectivity index (χ1v) is 16.8. The van der Waals surface area contributed by atoms with E-state index in [0.29, 0.717) is 13.2 Å². The highest BCUT2D eigenvalue weighted by Crippen LogP contribution is 2.24. The zero-order chi connectivity index (χ0) is 32.0. The second-order valence-electron chi connectivity index (χ2n) is 9.21. The van der Waals surface area contributed by atoms with Crippen molar-refractivity contribution in [3.63, 3.8) is 0 Å². The van der Waals surface area contributed by atoms with Crippen LogP contribution in [0.4, 0.5) is 33.0 Å². The number of aromatic nitrogens is 2. The Labute approximate surface area is 266 Å². The van der Waals surface area contributed by atoms with E-state index in [2.05, 4.69) is 68.4 Å². The van der Waals surface area contributed by atoms with E-state index in [1.54, 1.807) is 22.7 Å². The lowest BCUT2D eigenvalue weighted by molar-refractivity contribution is -0.654. The predicted molar refractivity (Wildman–Crippen MR) is 169 cm³/mol. The molecule has 4 rings (SSSR count). The van der Waals surface area contributed by atoms with E-state index in [1.165, 1.54) is 0 Å². The topological polar surface area (TPSA) is 153 Å². The van der Waals surface area contributed by atoms with Gasteiger partial charge >= 0.3 is 10.3 Å². The van der Waals surface area contributed by atoms with Crippen molar-refractivity contribution in [2.75, 3.05) is 49.2 Å². The highest BCUT2D eigenvalue weighted by Gasteiger charge is 2.10. The standard InChI is InChI=1S/C28H36N8OS2.H2O4S/c1-5-35(25-11-7-23(8-12-25)29-31-27-33(3)17-21-38-27)15-19-37-20-16-36(6-2)26-13-9-24(10-14-26)30-32-28-34(4)18-22-39-28;1-5(2,3)4/h7-14,17-18,21-22H,5-6,15-16,19-20H2,1-4H3;(H2,1,2,3,4)/q+2;/p-2. The molecule has 0 aliphatic heterocycles. The lowest BCUT2D eigenvalue weighted by atomic mass is 10.2. The molecule has 0 atom stereocenters. The van der Waals surface area contributed by atoms with E-state index in [0.717, 1.165) is 59.2 Å². The normalized spacial score (nSPS) is 11.6. The van der Waals surface area contributed by atoms with Gasteiger partial charge in [0, 0.05) is 58.7 Å². The maximum atomic E-state index is 8.52. The Morgan fingerprint density at radius 2 is 1.07 bits per heavy atom. The Kier molecular flexibility index (Phi) is 13.9. The smallest absolute Gasteiger partial charge is 0.408 e. The number of benzene rings is 2. The molecule has 2 heterocycles. The van der Waals surface area contributed by atoms with Crippen LogP contribution >= 0.6 is 22.7 Å². The van der Waals surface area contributed by atoms with E-state index in [1.807, 2.05) is 70.6 Å². The van der Waals surface area contributed by atoms with E-state index < -0.39 is 10.4 Å². The molecule has 0 saturated heterocycles. The quantitative estimate of drug-likeness (QED) is 0.0583. The summed E-state index contributed by atoms with van der Waals surface area (Å²) < 4.78 is 44.0. The van der Waals surface area contributed by atoms with Crippen LogP contribution in [0.1, 0.15) is 13.8 Å². The van der Waals surface area contributed by atoms with Crippen LogP contribution in [0.25, 0.3) is 0 Å². The molecule has 0 bridgehead atoms. The molecule has 2 aromatic heterocycles. The fourth-order valence-electron chi connectivity index (χ4n) is 3.90. The van der Waals surface area contributed by atoms with Crippen LogP contribution in [0, 0.1) is 0 Å². The molecule has 16 heteroatoms. The van der Waals surface area contributed by atoms with Crippen LogP contribution in [-0.4, -0.2) is 56.9 Å². The summed E-state index contributed by atoms with van der Waals surface area (Å²) in [7, 11) is -1.23. The van der Waals surface area contributed by atoms with Crippen molar-refractivity contribution in [3.05, 3.63) is 71.7 Å². The van der Waals surface area contributed by atoms with Gasteiger partial charge in [0.1, 0.15) is 23.8 Å². The molecule has 0 saturated carbocycles. The summed E-state index contributed by atoms with van der Waals surface area (Å²) in [5, 5.41) is 23.1. The molecular formula is C28H36N8O5S3. The Hall–Kier alpha value is -3.67. The van der Waals surface area contributed by atoms with Gasteiger partial charge in [0.25, 0.3) is 0 Å². The summed E-state index contributed by atoms with van der Waals surface area (Å²) in [6.45, 7) is 9.13. The van der Waals surface area contributed by atoms with Crippen molar-refractivity contribution in [1.82, 2.24) is 0 Å². The zero-order valence-corrected chi connectivity index (χ0v) is 27.5. The molecule has 0 fully saturated rings. The molecule has 44 heavy (non-hydrogen) atoms. The highest BCUT2D eigenvalue weighted by molar-refractivity contribution is 7.79. The average Bonchev–Trinajstić information content (AvgIpc) is 3.61. The lowest BCUT2D eigenvalue weighted by Gasteiger charge is -2.25. The van der Waals surface area contributed by atoms with Crippen molar-refractivity contribution in [1.29, 1.82) is 0 Å². The summed E-state index contributed by atoms with van der Waals surface area (Å²) in [4.78, 5) is 4.61. The number of ether oxygens (including phenoxy) is 1. The van der Waals surface area contributed by atoms with Crippen LogP contribution in [0.5, 0.6) is 0 Å². The number of nitrogens with zero attached hydrogens (tertiary/aromatic N) is 8. The summed E-state index contributed by atoms with van der Waals surface area (Å²) >= 11 is 3.13. The number of likely N-dealkylation sites (N-methyl/N-ethyl adjacent to an activating group) is 2. The van der Waals surface area contributed by atoms with E-state index in [-0.39, 0.29) is 0 Å². The van der Waals surface area contributed by atoms with Gasteiger partial charge in [-0.25, -0.2) is 9.13 Å². The van der Waals surface area contributed by atoms with Gasteiger partial charge in [0.2, 0.25) is 0 Å². The number of anilines is 2. The number of thiazole rings is 2. The lowest BCUT2D eigenvalue weighted by Crippen LogP contribution is -2.30. The minimum atomic E-state index is -5.17. The van der Waals surface area contributed by atoms with Gasteiger partial charge in [-0.1, -0.05) is 0 Å². The highest BCUT2D eigenvalue weighted by atomic mass is 32.3. The Balaban J connectivity index is 0.000000978. The van der Waals surface area contributed by atoms with Crippen molar-refractivity contribution < 1.29 is 31.4 Å². The average molecular weight is 661 g/mol. The summed E-state index contributed by atoms with van der Waals surface area (Å²) in [5.74, 6) is 0. The first-order valence-electron chi connectivity index (χ1n) is 13.7. The number of hydrogen-bond acceptors (Lipinski definition) is 13. The molecule has 4 aromatic rings. The molecule has 0 amide bonds. The van der Waals surface area contributed by atoms with Gasteiger partial charge < -0.3 is 23.6 Å². The molecule has 2 aromatic carbocycles. The monoisotopic (exact) mass is 660 g/mol. The molecule has 0 unspecified atom stereocenters. The molecule has 0 N–H and O–H groups in total. The fourth-order valence-corrected chi connectivity index (χ4v) is 5.26. The minimum Gasteiger partial charge on any atom is -0.759 e. The van der Waals surface area contributed by atoms with Crippen LogP contribution in [0.3, 0.4) is 0 Å². The zero-order valence-electron chi connectivity index (χ0n) is 25.0. The maximum Gasteiger partial charge on any atom is 0.408 e. The van der Waals surface area contributed by atoms with E-state index >= 15 is 0 Å². The number of azo groups is 2. The fraction of sp³-hybridized carbons (Fsp3) is 0.357. The van der Waals surface area contributed by atoms with Crippen LogP contribution in [0.2, 0.25) is 0 Å². The molecular weight excluding hydrogens is 625 g/mol. The molecule has 0 radical (unpaired) electrons. The molecule has 0 spiro atoms. The van der Waals surface area contributed by atoms with Crippen LogP contribution < -0.4 is 18.9 Å². The maximum absolute atomic E-state index is 8.52. The summed E-state index contributed by atoms with van der Waals surface area (Å²) in [5.41, 5.74) is 3.99. The first kappa shape index (κ1) is 34.8. The van der Waals surface area contributed by atoms with Crippen molar-refractivity contribution >= 4 is 66.1 Å². The largest absolute Gasteiger partial charge is 0.759 e. The van der Waals surface area contributed by atoms with Crippen molar-refractivity contribution in [3.8, 4) is 0 Å². The third-order valence-corrected chi connectivity index (χ3v) is 7.90. The number of rotatable bonds is 14. The predicted octanol–water partition coefficient (Wildman–Crippen LogP) is 5.32. The van der Waals surface area contributed by atoms with E-state index in [9.17, 15) is 0 Å². The van der Waals surface area contributed by atoms with Crippen LogP contribution in [-0.2, 0) is 29.2 Å². The summed E-state index contributed by atoms with van der Waals surface area (Å²) in [6, 6.07) is 16.4. The molecule has 0 aliphatic carbocycles. The second kappa shape index (κ2) is 17.6.